The van der Waals surface area contributed by atoms with Gasteiger partial charge in [0.15, 0.2) is 5.78 Å². The molecule has 0 radical (unpaired) electrons. The third-order valence-corrected chi connectivity index (χ3v) is 5.73. The number of fused-ring (bicyclic) bond motifs is 1. The molecule has 1 heterocycles. The number of carbonyl (C=O) groups excluding carboxylic acids is 2. The highest BCUT2D eigenvalue weighted by atomic mass is 28.3. The van der Waals surface area contributed by atoms with Crippen LogP contribution in [-0.2, 0) is 14.4 Å². The van der Waals surface area contributed by atoms with Crippen LogP contribution in [0.1, 0.15) is 27.2 Å². The minimum absolute atomic E-state index is 0.0977. The molecule has 1 aliphatic heterocycles. The molecule has 1 saturated heterocycles. The molecule has 6 heteroatoms. The van der Waals surface area contributed by atoms with Crippen LogP contribution in [0.5, 0.6) is 0 Å². The Morgan fingerprint density at radius 2 is 1.95 bits per heavy atom. The molecule has 2 rings (SSSR count). The first-order valence-corrected chi connectivity index (χ1v) is 10.9. The molecule has 1 atom stereocenters. The fourth-order valence-electron chi connectivity index (χ4n) is 2.94. The maximum atomic E-state index is 12.3. The van der Waals surface area contributed by atoms with Crippen LogP contribution in [0.3, 0.4) is 0 Å². The summed E-state index contributed by atoms with van der Waals surface area (Å²) in [6.45, 7) is 12.7. The minimum Gasteiger partial charge on any atom is -0.442 e. The van der Waals surface area contributed by atoms with Gasteiger partial charge in [-0.25, -0.2) is 4.79 Å². The van der Waals surface area contributed by atoms with E-state index in [0.717, 1.165) is 10.8 Å². The lowest BCUT2D eigenvalue weighted by Gasteiger charge is -2.33. The summed E-state index contributed by atoms with van der Waals surface area (Å²) in [6, 6.07) is 0. The standard InChI is InChI=1S/C15H25NO4Si/c1-15(2,3)20-14(18)16-8-10-7-12(17)13(21(4,5)6)11(10)9-19-16/h10H,7-9H2,1-6H3. The highest BCUT2D eigenvalue weighted by Gasteiger charge is 2.43. The van der Waals surface area contributed by atoms with Crippen LogP contribution in [0.25, 0.3) is 0 Å². The highest BCUT2D eigenvalue weighted by Crippen LogP contribution is 2.38. The predicted octanol–water partition coefficient (Wildman–Crippen LogP) is 2.93. The van der Waals surface area contributed by atoms with Gasteiger partial charge in [0, 0.05) is 12.3 Å². The average molecular weight is 311 g/mol. The van der Waals surface area contributed by atoms with Gasteiger partial charge in [0.1, 0.15) is 5.60 Å². The lowest BCUT2D eigenvalue weighted by atomic mass is 10.0. The van der Waals surface area contributed by atoms with E-state index in [1.165, 1.54) is 5.06 Å². The number of hydrogen-bond acceptors (Lipinski definition) is 4. The van der Waals surface area contributed by atoms with Crippen molar-refractivity contribution in [3.8, 4) is 0 Å². The van der Waals surface area contributed by atoms with Crippen molar-refractivity contribution in [1.82, 2.24) is 5.06 Å². The molecule has 0 spiro atoms. The first kappa shape index (κ1) is 16.2. The third kappa shape index (κ3) is 3.55. The first-order valence-electron chi connectivity index (χ1n) is 7.39. The molecule has 2 aliphatic rings. The second-order valence-corrected chi connectivity index (χ2v) is 12.8. The van der Waals surface area contributed by atoms with Crippen LogP contribution in [0, 0.1) is 5.92 Å². The van der Waals surface area contributed by atoms with Gasteiger partial charge in [-0.15, -0.1) is 0 Å². The number of amides is 1. The number of ether oxygens (including phenoxy) is 1. The van der Waals surface area contributed by atoms with Gasteiger partial charge in [-0.1, -0.05) is 19.6 Å². The number of allylic oxidation sites excluding steroid dienone is 1. The maximum absolute atomic E-state index is 12.3. The molecule has 0 bridgehead atoms. The summed E-state index contributed by atoms with van der Waals surface area (Å²) >= 11 is 0. The third-order valence-electron chi connectivity index (χ3n) is 3.63. The van der Waals surface area contributed by atoms with Crippen LogP contribution in [-0.4, -0.2) is 43.8 Å². The summed E-state index contributed by atoms with van der Waals surface area (Å²) < 4.78 is 5.32. The van der Waals surface area contributed by atoms with Crippen molar-refractivity contribution >= 4 is 20.0 Å². The lowest BCUT2D eigenvalue weighted by Crippen LogP contribution is -2.43. The SMILES string of the molecule is CC(C)(C)OC(=O)N1CC2CC(=O)C([Si](C)(C)C)=C2CO1. The van der Waals surface area contributed by atoms with Crippen molar-refractivity contribution in [3.63, 3.8) is 0 Å². The van der Waals surface area contributed by atoms with Crippen molar-refractivity contribution in [2.24, 2.45) is 5.92 Å². The number of ketones is 1. The summed E-state index contributed by atoms with van der Waals surface area (Å²) in [7, 11) is -1.67. The first-order chi connectivity index (χ1) is 9.49. The number of carbonyl (C=O) groups is 2. The van der Waals surface area contributed by atoms with Gasteiger partial charge in [0.25, 0.3) is 0 Å². The molecule has 1 unspecified atom stereocenters. The molecule has 0 aromatic carbocycles. The number of hydroxylamine groups is 2. The molecule has 0 N–H and O–H groups in total. The fourth-order valence-corrected chi connectivity index (χ4v) is 5.12. The molecular formula is C15H25NO4Si. The zero-order valence-electron chi connectivity index (χ0n) is 13.8. The maximum Gasteiger partial charge on any atom is 0.434 e. The Hall–Kier alpha value is -1.14. The molecule has 1 fully saturated rings. The van der Waals surface area contributed by atoms with E-state index in [1.807, 2.05) is 20.8 Å². The Bertz CT molecular complexity index is 499. The normalized spacial score (nSPS) is 23.4. The van der Waals surface area contributed by atoms with Gasteiger partial charge in [0.05, 0.1) is 21.2 Å². The van der Waals surface area contributed by atoms with Gasteiger partial charge in [-0.05, 0) is 31.5 Å². The molecule has 1 aliphatic carbocycles. The Morgan fingerprint density at radius 3 is 2.48 bits per heavy atom. The summed E-state index contributed by atoms with van der Waals surface area (Å²) in [5.74, 6) is 0.337. The Morgan fingerprint density at radius 1 is 1.33 bits per heavy atom. The van der Waals surface area contributed by atoms with E-state index in [9.17, 15) is 9.59 Å². The number of rotatable bonds is 1. The van der Waals surface area contributed by atoms with Crippen LogP contribution < -0.4 is 0 Å². The number of hydrogen-bond donors (Lipinski definition) is 0. The molecule has 0 aromatic rings. The Labute approximate surface area is 127 Å². The van der Waals surface area contributed by atoms with Crippen molar-refractivity contribution in [1.29, 1.82) is 0 Å². The molecule has 0 aromatic heterocycles. The largest absolute Gasteiger partial charge is 0.442 e. The van der Waals surface area contributed by atoms with E-state index in [-0.39, 0.29) is 11.7 Å². The fraction of sp³-hybridized carbons (Fsp3) is 0.733. The number of nitrogens with zero attached hydrogens (tertiary/aromatic N) is 1. The van der Waals surface area contributed by atoms with Crippen molar-refractivity contribution in [2.45, 2.75) is 52.4 Å². The van der Waals surface area contributed by atoms with Gasteiger partial charge in [-0.2, -0.15) is 5.06 Å². The summed E-state index contributed by atoms with van der Waals surface area (Å²) in [4.78, 5) is 29.9. The monoisotopic (exact) mass is 311 g/mol. The summed E-state index contributed by atoms with van der Waals surface area (Å²) in [6.07, 6.45) is 0.0212. The van der Waals surface area contributed by atoms with E-state index in [2.05, 4.69) is 19.6 Å². The highest BCUT2D eigenvalue weighted by molar-refractivity contribution is 6.87. The van der Waals surface area contributed by atoms with E-state index in [0.29, 0.717) is 19.6 Å². The minimum atomic E-state index is -1.67. The number of Topliss-reactive ketones (excluding diaryl/α,β-unsaturated/α-hetero) is 1. The van der Waals surface area contributed by atoms with Gasteiger partial charge >= 0.3 is 6.09 Å². The van der Waals surface area contributed by atoms with Crippen LogP contribution in [0.2, 0.25) is 19.6 Å². The van der Waals surface area contributed by atoms with Crippen LogP contribution >= 0.6 is 0 Å². The van der Waals surface area contributed by atoms with Crippen LogP contribution in [0.4, 0.5) is 4.79 Å². The summed E-state index contributed by atoms with van der Waals surface area (Å²) in [5, 5.41) is 2.27. The van der Waals surface area contributed by atoms with E-state index < -0.39 is 19.8 Å². The van der Waals surface area contributed by atoms with Crippen molar-refractivity contribution in [2.75, 3.05) is 13.2 Å². The van der Waals surface area contributed by atoms with Gasteiger partial charge < -0.3 is 4.74 Å². The molecular weight excluding hydrogens is 286 g/mol. The molecule has 21 heavy (non-hydrogen) atoms. The summed E-state index contributed by atoms with van der Waals surface area (Å²) in [5.41, 5.74) is 0.560. The van der Waals surface area contributed by atoms with E-state index in [4.69, 9.17) is 9.57 Å². The lowest BCUT2D eigenvalue weighted by molar-refractivity contribution is -0.160. The smallest absolute Gasteiger partial charge is 0.434 e. The van der Waals surface area contributed by atoms with Crippen molar-refractivity contribution in [3.05, 3.63) is 10.8 Å². The van der Waals surface area contributed by atoms with Crippen molar-refractivity contribution < 1.29 is 19.2 Å². The molecule has 0 saturated carbocycles. The Kier molecular flexibility index (Phi) is 4.05. The molecule has 118 valence electrons. The second kappa shape index (κ2) is 5.25. The topological polar surface area (TPSA) is 55.8 Å². The zero-order valence-corrected chi connectivity index (χ0v) is 14.8. The zero-order chi connectivity index (χ0) is 16.0. The second-order valence-electron chi connectivity index (χ2n) is 7.79. The Balaban J connectivity index is 2.13. The quantitative estimate of drug-likeness (QED) is 0.699. The van der Waals surface area contributed by atoms with E-state index >= 15 is 0 Å². The molecule has 1 amide bonds. The van der Waals surface area contributed by atoms with Gasteiger partial charge in [0.2, 0.25) is 0 Å². The van der Waals surface area contributed by atoms with Crippen LogP contribution in [0.15, 0.2) is 10.8 Å². The van der Waals surface area contributed by atoms with Gasteiger partial charge in [-0.3, -0.25) is 9.63 Å². The predicted molar refractivity (Wildman–Crippen MR) is 82.4 cm³/mol. The molecule has 5 nitrogen and oxygen atoms in total. The van der Waals surface area contributed by atoms with E-state index in [1.54, 1.807) is 0 Å². The average Bonchev–Trinajstić information content (AvgIpc) is 2.60.